The van der Waals surface area contributed by atoms with Gasteiger partial charge in [0.2, 0.25) is 11.8 Å². The van der Waals surface area contributed by atoms with Gasteiger partial charge in [-0.2, -0.15) is 0 Å². The summed E-state index contributed by atoms with van der Waals surface area (Å²) >= 11 is 3.45. The molecular weight excluding hydrogens is 334 g/mol. The number of aryl methyl sites for hydroxylation is 1. The molecule has 0 saturated carbocycles. The molecule has 0 spiro atoms. The molecule has 0 saturated heterocycles. The predicted molar refractivity (Wildman–Crippen MR) is 84.6 cm³/mol. The Morgan fingerprint density at radius 1 is 1.38 bits per heavy atom. The topological polar surface area (TPSA) is 77.2 Å². The number of amides is 1. The smallest absolute Gasteiger partial charge is 0.233 e. The van der Waals surface area contributed by atoms with Crippen LogP contribution in [0.4, 0.5) is 11.4 Å². The molecule has 2 heterocycles. The van der Waals surface area contributed by atoms with E-state index in [4.69, 9.17) is 10.5 Å². The first-order valence-electron chi connectivity index (χ1n) is 6.56. The molecule has 1 aliphatic heterocycles. The Bertz CT molecular complexity index is 731. The summed E-state index contributed by atoms with van der Waals surface area (Å²) in [6.07, 6.45) is 2.79. The van der Waals surface area contributed by atoms with Crippen molar-refractivity contribution in [2.75, 3.05) is 11.1 Å². The number of hydrogen-bond donors (Lipinski definition) is 2. The van der Waals surface area contributed by atoms with Crippen LogP contribution in [0.2, 0.25) is 0 Å². The summed E-state index contributed by atoms with van der Waals surface area (Å²) in [6.45, 7) is 1.90. The van der Waals surface area contributed by atoms with Gasteiger partial charge in [-0.25, -0.2) is 4.98 Å². The maximum atomic E-state index is 11.3. The quantitative estimate of drug-likeness (QED) is 0.872. The molecule has 1 aliphatic rings. The van der Waals surface area contributed by atoms with Gasteiger partial charge in [-0.05, 0) is 58.6 Å². The fourth-order valence-corrected chi connectivity index (χ4v) is 2.59. The summed E-state index contributed by atoms with van der Waals surface area (Å²) in [5, 5.41) is 2.84. The van der Waals surface area contributed by atoms with Crippen molar-refractivity contribution in [3.8, 4) is 11.6 Å². The second-order valence-electron chi connectivity index (χ2n) is 4.93. The lowest BCUT2D eigenvalue weighted by Crippen LogP contribution is -2.18. The molecule has 3 rings (SSSR count). The molecule has 1 amide bonds. The molecule has 0 atom stereocenters. The fourth-order valence-electron chi connectivity index (χ4n) is 2.17. The number of rotatable bonds is 2. The lowest BCUT2D eigenvalue weighted by molar-refractivity contribution is -0.116. The lowest BCUT2D eigenvalue weighted by Gasteiger charge is -2.18. The van der Waals surface area contributed by atoms with Gasteiger partial charge in [-0.3, -0.25) is 4.79 Å². The number of nitrogen functional groups attached to an aromatic ring is 1. The van der Waals surface area contributed by atoms with Crippen molar-refractivity contribution in [1.29, 1.82) is 0 Å². The molecule has 6 heteroatoms. The number of aromatic nitrogens is 1. The molecule has 108 valence electrons. The zero-order valence-corrected chi connectivity index (χ0v) is 13.0. The zero-order chi connectivity index (χ0) is 15.0. The van der Waals surface area contributed by atoms with E-state index in [0.717, 1.165) is 21.3 Å². The Hall–Kier alpha value is -2.08. The molecule has 0 fully saturated rings. The first-order valence-corrected chi connectivity index (χ1v) is 7.35. The molecule has 5 nitrogen and oxygen atoms in total. The highest BCUT2D eigenvalue weighted by atomic mass is 79.9. The SMILES string of the molecule is Cc1c(N)cnc(Oc2ccc3c(c2)CCC(=O)N3)c1Br. The van der Waals surface area contributed by atoms with Crippen molar-refractivity contribution in [3.63, 3.8) is 0 Å². The third kappa shape index (κ3) is 2.71. The van der Waals surface area contributed by atoms with Gasteiger partial charge in [0.15, 0.2) is 0 Å². The Morgan fingerprint density at radius 3 is 3.00 bits per heavy atom. The minimum atomic E-state index is 0.0507. The molecule has 3 N–H and O–H groups in total. The van der Waals surface area contributed by atoms with Crippen LogP contribution in [0.1, 0.15) is 17.5 Å². The second kappa shape index (κ2) is 5.37. The summed E-state index contributed by atoms with van der Waals surface area (Å²) in [6, 6.07) is 5.58. The van der Waals surface area contributed by atoms with Crippen LogP contribution in [0.3, 0.4) is 0 Å². The summed E-state index contributed by atoms with van der Waals surface area (Å²) < 4.78 is 6.56. The largest absolute Gasteiger partial charge is 0.438 e. The molecule has 1 aromatic heterocycles. The molecule has 21 heavy (non-hydrogen) atoms. The van der Waals surface area contributed by atoms with Gasteiger partial charge in [0, 0.05) is 12.1 Å². The van der Waals surface area contributed by atoms with E-state index in [9.17, 15) is 4.79 Å². The number of hydrogen-bond acceptors (Lipinski definition) is 4. The summed E-state index contributed by atoms with van der Waals surface area (Å²) in [4.78, 5) is 15.5. The number of benzene rings is 1. The zero-order valence-electron chi connectivity index (χ0n) is 11.4. The third-order valence-corrected chi connectivity index (χ3v) is 4.39. The Labute approximate surface area is 130 Å². The number of ether oxygens (including phenoxy) is 1. The van der Waals surface area contributed by atoms with Gasteiger partial charge in [0.1, 0.15) is 5.75 Å². The fraction of sp³-hybridized carbons (Fsp3) is 0.200. The van der Waals surface area contributed by atoms with E-state index in [1.807, 2.05) is 25.1 Å². The number of fused-ring (bicyclic) bond motifs is 1. The van der Waals surface area contributed by atoms with Crippen molar-refractivity contribution in [3.05, 3.63) is 40.0 Å². The lowest BCUT2D eigenvalue weighted by atomic mass is 10.0. The van der Waals surface area contributed by atoms with Crippen LogP contribution in [0.15, 0.2) is 28.9 Å². The third-order valence-electron chi connectivity index (χ3n) is 3.46. The average molecular weight is 348 g/mol. The van der Waals surface area contributed by atoms with Crippen LogP contribution in [-0.4, -0.2) is 10.9 Å². The molecular formula is C15H14BrN3O2. The number of nitrogens with one attached hydrogen (secondary N) is 1. The van der Waals surface area contributed by atoms with Crippen LogP contribution in [-0.2, 0) is 11.2 Å². The van der Waals surface area contributed by atoms with Gasteiger partial charge in [-0.1, -0.05) is 0 Å². The predicted octanol–water partition coefficient (Wildman–Crippen LogP) is 3.41. The molecule has 1 aromatic carbocycles. The Balaban J connectivity index is 1.89. The van der Waals surface area contributed by atoms with E-state index >= 15 is 0 Å². The van der Waals surface area contributed by atoms with E-state index in [1.54, 1.807) is 6.20 Å². The summed E-state index contributed by atoms with van der Waals surface area (Å²) in [5.41, 5.74) is 9.22. The van der Waals surface area contributed by atoms with Crippen LogP contribution in [0, 0.1) is 6.92 Å². The van der Waals surface area contributed by atoms with E-state index in [0.29, 0.717) is 30.2 Å². The van der Waals surface area contributed by atoms with Crippen LogP contribution in [0.5, 0.6) is 11.6 Å². The number of carbonyl (C=O) groups excluding carboxylic acids is 1. The number of nitrogens with zero attached hydrogens (tertiary/aromatic N) is 1. The van der Waals surface area contributed by atoms with E-state index in [1.165, 1.54) is 0 Å². The summed E-state index contributed by atoms with van der Waals surface area (Å²) in [7, 11) is 0. The standard InChI is InChI=1S/C15H14BrN3O2/c1-8-11(17)7-18-15(14(8)16)21-10-3-4-12-9(6-10)2-5-13(20)19-12/h3-4,6-7H,2,5,17H2,1H3,(H,19,20). The van der Waals surface area contributed by atoms with Crippen molar-refractivity contribution >= 4 is 33.2 Å². The van der Waals surface area contributed by atoms with Crippen molar-refractivity contribution < 1.29 is 9.53 Å². The highest BCUT2D eigenvalue weighted by Crippen LogP contribution is 2.34. The van der Waals surface area contributed by atoms with Gasteiger partial charge < -0.3 is 15.8 Å². The van der Waals surface area contributed by atoms with Crippen molar-refractivity contribution in [1.82, 2.24) is 4.98 Å². The molecule has 2 aromatic rings. The molecule has 0 bridgehead atoms. The normalized spacial score (nSPS) is 13.5. The molecule has 0 unspecified atom stereocenters. The number of halogens is 1. The number of pyridine rings is 1. The number of carbonyl (C=O) groups is 1. The highest BCUT2D eigenvalue weighted by Gasteiger charge is 2.16. The van der Waals surface area contributed by atoms with Crippen LogP contribution >= 0.6 is 15.9 Å². The van der Waals surface area contributed by atoms with Gasteiger partial charge >= 0.3 is 0 Å². The minimum absolute atomic E-state index is 0.0507. The maximum Gasteiger partial charge on any atom is 0.233 e. The summed E-state index contributed by atoms with van der Waals surface area (Å²) in [5.74, 6) is 1.21. The second-order valence-corrected chi connectivity index (χ2v) is 5.72. The Morgan fingerprint density at radius 2 is 2.19 bits per heavy atom. The maximum absolute atomic E-state index is 11.3. The molecule has 0 radical (unpaired) electrons. The van der Waals surface area contributed by atoms with Gasteiger partial charge in [0.25, 0.3) is 0 Å². The van der Waals surface area contributed by atoms with Gasteiger partial charge in [-0.15, -0.1) is 0 Å². The first-order chi connectivity index (χ1) is 10.0. The first kappa shape index (κ1) is 13.9. The Kier molecular flexibility index (Phi) is 3.55. The minimum Gasteiger partial charge on any atom is -0.438 e. The monoisotopic (exact) mass is 347 g/mol. The van der Waals surface area contributed by atoms with E-state index in [-0.39, 0.29) is 5.91 Å². The van der Waals surface area contributed by atoms with Crippen molar-refractivity contribution in [2.45, 2.75) is 19.8 Å². The van der Waals surface area contributed by atoms with Crippen molar-refractivity contribution in [2.24, 2.45) is 0 Å². The van der Waals surface area contributed by atoms with E-state index < -0.39 is 0 Å². The average Bonchev–Trinajstić information content (AvgIpc) is 2.48. The van der Waals surface area contributed by atoms with Gasteiger partial charge in [0.05, 0.1) is 16.4 Å². The number of anilines is 2. The molecule has 0 aliphatic carbocycles. The highest BCUT2D eigenvalue weighted by molar-refractivity contribution is 9.10. The van der Waals surface area contributed by atoms with Crippen LogP contribution in [0.25, 0.3) is 0 Å². The number of nitrogens with two attached hydrogens (primary N) is 1. The van der Waals surface area contributed by atoms with E-state index in [2.05, 4.69) is 26.2 Å². The van der Waals surface area contributed by atoms with Crippen LogP contribution < -0.4 is 15.8 Å².